The normalized spacial score (nSPS) is 20.8. The molecule has 1 fully saturated rings. The summed E-state index contributed by atoms with van der Waals surface area (Å²) < 4.78 is 65.4. The Kier molecular flexibility index (Phi) is 9.20. The summed E-state index contributed by atoms with van der Waals surface area (Å²) in [5, 5.41) is 16.7. The average Bonchev–Trinajstić information content (AvgIpc) is 3.34. The number of benzene rings is 1. The number of halogens is 2. The molecule has 5 rings (SSSR count). The van der Waals surface area contributed by atoms with Gasteiger partial charge in [0.1, 0.15) is 33.8 Å². The van der Waals surface area contributed by atoms with Crippen molar-refractivity contribution >= 4 is 27.0 Å². The van der Waals surface area contributed by atoms with Crippen LogP contribution in [0, 0.1) is 17.6 Å². The highest BCUT2D eigenvalue weighted by Crippen LogP contribution is 2.40. The molecule has 0 bridgehead atoms. The van der Waals surface area contributed by atoms with Gasteiger partial charge in [-0.25, -0.2) is 22.2 Å². The zero-order valence-electron chi connectivity index (χ0n) is 23.8. The lowest BCUT2D eigenvalue weighted by Crippen LogP contribution is -2.47. The Morgan fingerprint density at radius 3 is 2.60 bits per heavy atom. The molecule has 0 saturated heterocycles. The van der Waals surface area contributed by atoms with E-state index in [0.717, 1.165) is 24.1 Å². The molecule has 0 aliphatic heterocycles. The molecule has 230 valence electrons. The van der Waals surface area contributed by atoms with Gasteiger partial charge >= 0.3 is 0 Å². The fourth-order valence-corrected chi connectivity index (χ4v) is 5.97. The van der Waals surface area contributed by atoms with Gasteiger partial charge in [0.25, 0.3) is 0 Å². The average molecular weight is 617 g/mol. The Bertz CT molecular complexity index is 1670. The van der Waals surface area contributed by atoms with Gasteiger partial charge in [-0.05, 0) is 48.4 Å². The van der Waals surface area contributed by atoms with Gasteiger partial charge < -0.3 is 25.6 Å². The highest BCUT2D eigenvalue weighted by molar-refractivity contribution is 7.90. The van der Waals surface area contributed by atoms with Crippen molar-refractivity contribution in [2.24, 2.45) is 11.7 Å². The summed E-state index contributed by atoms with van der Waals surface area (Å²) in [6, 6.07) is 6.88. The summed E-state index contributed by atoms with van der Waals surface area (Å²) in [7, 11) is -3.13. The molecule has 4 atom stereocenters. The molecule has 11 nitrogen and oxygen atoms in total. The van der Waals surface area contributed by atoms with Crippen molar-refractivity contribution < 1.29 is 31.8 Å². The Hall–Kier alpha value is -3.72. The molecule has 0 amide bonds. The van der Waals surface area contributed by atoms with Crippen LogP contribution in [0.2, 0.25) is 0 Å². The minimum atomic E-state index is -3.13. The SMILES string of the molecule is CC1CC(c2ccncc2Nc2ncc3ccc(-c4c(F)cc(OCCO)cc4F)nn23)CC(N)C1OCCS(C)(=O)=O. The van der Waals surface area contributed by atoms with E-state index in [-0.39, 0.29) is 66.6 Å². The van der Waals surface area contributed by atoms with E-state index in [9.17, 15) is 17.2 Å². The fraction of sp³-hybridized carbons (Fsp3) is 0.414. The Morgan fingerprint density at radius 1 is 1.14 bits per heavy atom. The van der Waals surface area contributed by atoms with E-state index in [2.05, 4.69) is 20.4 Å². The van der Waals surface area contributed by atoms with Crippen LogP contribution in [-0.4, -0.2) is 77.1 Å². The summed E-state index contributed by atoms with van der Waals surface area (Å²) in [5.41, 5.74) is 8.51. The summed E-state index contributed by atoms with van der Waals surface area (Å²) in [6.07, 6.45) is 7.26. The number of nitrogens with two attached hydrogens (primary N) is 1. The van der Waals surface area contributed by atoms with E-state index in [1.807, 2.05) is 13.0 Å². The standard InChI is InChI=1S/C29H34F2N6O5S/c1-17-11-18(12-24(32)28(17)42-9-10-43(2,39)40)21-5-6-33-16-26(21)35-29-34-15-19-3-4-25(36-37(19)29)27-22(30)13-20(14-23(27)31)41-8-7-38/h3-6,13-18,24,28,38H,7-12,32H2,1-2H3,(H,34,35). The van der Waals surface area contributed by atoms with Gasteiger partial charge in [-0.2, -0.15) is 9.61 Å². The molecular weight excluding hydrogens is 582 g/mol. The lowest BCUT2D eigenvalue weighted by atomic mass is 9.74. The number of ether oxygens (including phenoxy) is 2. The summed E-state index contributed by atoms with van der Waals surface area (Å²) in [6.45, 7) is 1.77. The van der Waals surface area contributed by atoms with Crippen molar-refractivity contribution in [3.05, 3.63) is 66.1 Å². The van der Waals surface area contributed by atoms with Gasteiger partial charge in [-0.1, -0.05) is 6.92 Å². The van der Waals surface area contributed by atoms with Crippen LogP contribution >= 0.6 is 0 Å². The van der Waals surface area contributed by atoms with Crippen molar-refractivity contribution in [2.45, 2.75) is 37.8 Å². The van der Waals surface area contributed by atoms with Crippen molar-refractivity contribution in [3.8, 4) is 17.0 Å². The molecule has 4 N–H and O–H groups in total. The smallest absolute Gasteiger partial charge is 0.229 e. The second-order valence-corrected chi connectivity index (χ2v) is 13.1. The molecule has 3 heterocycles. The second-order valence-electron chi connectivity index (χ2n) is 10.8. The highest BCUT2D eigenvalue weighted by atomic mass is 32.2. The number of aliphatic hydroxyl groups excluding tert-OH is 1. The summed E-state index contributed by atoms with van der Waals surface area (Å²) in [4.78, 5) is 8.71. The molecule has 0 radical (unpaired) electrons. The second kappa shape index (κ2) is 12.9. The van der Waals surface area contributed by atoms with Crippen LogP contribution in [0.15, 0.2) is 48.9 Å². The number of nitrogens with one attached hydrogen (secondary N) is 1. The van der Waals surface area contributed by atoms with E-state index >= 15 is 0 Å². The van der Waals surface area contributed by atoms with Crippen LogP contribution in [0.5, 0.6) is 5.75 Å². The summed E-state index contributed by atoms with van der Waals surface area (Å²) in [5.74, 6) is -1.33. The first-order valence-electron chi connectivity index (χ1n) is 13.9. The number of aliphatic hydroxyl groups is 1. The van der Waals surface area contributed by atoms with Crippen molar-refractivity contribution in [1.82, 2.24) is 19.6 Å². The number of fused-ring (bicyclic) bond motifs is 1. The predicted octanol–water partition coefficient (Wildman–Crippen LogP) is 3.45. The van der Waals surface area contributed by atoms with E-state index in [1.165, 1.54) is 16.8 Å². The first kappa shape index (κ1) is 30.7. The van der Waals surface area contributed by atoms with Gasteiger partial charge in [0.15, 0.2) is 0 Å². The molecule has 43 heavy (non-hydrogen) atoms. The lowest BCUT2D eigenvalue weighted by Gasteiger charge is -2.39. The number of rotatable bonds is 11. The van der Waals surface area contributed by atoms with Crippen LogP contribution in [-0.2, 0) is 14.6 Å². The Morgan fingerprint density at radius 2 is 1.91 bits per heavy atom. The molecular formula is C29H34F2N6O5S. The Balaban J connectivity index is 1.37. The van der Waals surface area contributed by atoms with Gasteiger partial charge in [-0.3, -0.25) is 4.98 Å². The maximum absolute atomic E-state index is 15.0. The van der Waals surface area contributed by atoms with E-state index in [0.29, 0.717) is 23.6 Å². The van der Waals surface area contributed by atoms with Gasteiger partial charge in [0.2, 0.25) is 5.95 Å². The van der Waals surface area contributed by atoms with Crippen LogP contribution in [0.25, 0.3) is 16.8 Å². The van der Waals surface area contributed by atoms with Crippen molar-refractivity contribution in [2.75, 3.05) is 37.1 Å². The number of hydrogen-bond donors (Lipinski definition) is 3. The zero-order valence-corrected chi connectivity index (χ0v) is 24.6. The monoisotopic (exact) mass is 616 g/mol. The maximum Gasteiger partial charge on any atom is 0.229 e. The third-order valence-corrected chi connectivity index (χ3v) is 8.43. The summed E-state index contributed by atoms with van der Waals surface area (Å²) >= 11 is 0. The topological polar surface area (TPSA) is 154 Å². The van der Waals surface area contributed by atoms with Crippen molar-refractivity contribution in [3.63, 3.8) is 0 Å². The van der Waals surface area contributed by atoms with E-state index < -0.39 is 21.5 Å². The van der Waals surface area contributed by atoms with Crippen LogP contribution in [0.1, 0.15) is 31.2 Å². The number of nitrogens with zero attached hydrogens (tertiary/aromatic N) is 4. The number of pyridine rings is 1. The third-order valence-electron chi connectivity index (χ3n) is 7.52. The number of sulfone groups is 1. The molecule has 14 heteroatoms. The van der Waals surface area contributed by atoms with Crippen LogP contribution < -0.4 is 15.8 Å². The molecule has 1 aromatic carbocycles. The molecule has 1 aliphatic rings. The van der Waals surface area contributed by atoms with E-state index in [4.69, 9.17) is 20.3 Å². The lowest BCUT2D eigenvalue weighted by molar-refractivity contribution is -0.0152. The minimum absolute atomic E-state index is 0.0356. The first-order valence-corrected chi connectivity index (χ1v) is 15.9. The maximum atomic E-state index is 15.0. The molecule has 0 spiro atoms. The minimum Gasteiger partial charge on any atom is -0.491 e. The fourth-order valence-electron chi connectivity index (χ4n) is 5.57. The van der Waals surface area contributed by atoms with Gasteiger partial charge in [0, 0.05) is 30.6 Å². The molecule has 4 aromatic rings. The third kappa shape index (κ3) is 7.09. The number of anilines is 2. The largest absolute Gasteiger partial charge is 0.491 e. The number of imidazole rings is 1. The van der Waals surface area contributed by atoms with Crippen molar-refractivity contribution in [1.29, 1.82) is 0 Å². The van der Waals surface area contributed by atoms with Gasteiger partial charge in [0.05, 0.1) is 59.9 Å². The van der Waals surface area contributed by atoms with Gasteiger partial charge in [-0.15, -0.1) is 0 Å². The Labute approximate surface area is 248 Å². The highest BCUT2D eigenvalue weighted by Gasteiger charge is 2.36. The first-order chi connectivity index (χ1) is 20.5. The van der Waals surface area contributed by atoms with E-state index in [1.54, 1.807) is 24.7 Å². The zero-order chi connectivity index (χ0) is 30.7. The molecule has 1 saturated carbocycles. The molecule has 3 aromatic heterocycles. The molecule has 4 unspecified atom stereocenters. The quantitative estimate of drug-likeness (QED) is 0.228. The number of aromatic nitrogens is 4. The molecule has 1 aliphatic carbocycles. The van der Waals surface area contributed by atoms with Crippen LogP contribution in [0.4, 0.5) is 20.4 Å². The number of hydrogen-bond acceptors (Lipinski definition) is 10. The van der Waals surface area contributed by atoms with Crippen LogP contribution in [0.3, 0.4) is 0 Å². The predicted molar refractivity (Wildman–Crippen MR) is 157 cm³/mol.